The highest BCUT2D eigenvalue weighted by atomic mass is 14.8. The first-order chi connectivity index (χ1) is 9.72. The lowest BCUT2D eigenvalue weighted by molar-refractivity contribution is 0.434. The van der Waals surface area contributed by atoms with Crippen molar-refractivity contribution in [3.05, 3.63) is 0 Å². The van der Waals surface area contributed by atoms with Crippen molar-refractivity contribution < 1.29 is 0 Å². The van der Waals surface area contributed by atoms with E-state index in [0.29, 0.717) is 0 Å². The fraction of sp³-hybridized carbons (Fsp3) is 1.00. The molecule has 0 amide bonds. The van der Waals surface area contributed by atoms with Crippen molar-refractivity contribution in [1.82, 2.24) is 0 Å². The van der Waals surface area contributed by atoms with Crippen LogP contribution in [0.2, 0.25) is 0 Å². The number of unbranched alkanes of at least 4 members (excludes halogenated alkanes) is 8. The fourth-order valence-corrected chi connectivity index (χ4v) is 2.54. The van der Waals surface area contributed by atoms with Crippen LogP contribution in [0.3, 0.4) is 0 Å². The molecule has 0 fully saturated rings. The van der Waals surface area contributed by atoms with Gasteiger partial charge in [-0.1, -0.05) is 51.4 Å². The largest absolute Gasteiger partial charge is 0.330 e. The van der Waals surface area contributed by atoms with Crippen LogP contribution in [-0.2, 0) is 0 Å². The molecule has 0 aliphatic rings. The Morgan fingerprint density at radius 2 is 0.750 bits per heavy atom. The third-order valence-electron chi connectivity index (χ3n) is 4.03. The normalized spacial score (nSPS) is 14.4. The summed E-state index contributed by atoms with van der Waals surface area (Å²) in [5.41, 5.74) is 23.2. The molecule has 0 aromatic heterocycles. The summed E-state index contributed by atoms with van der Waals surface area (Å²) in [5.74, 6) is 0. The Balaban J connectivity index is 3.27. The number of hydrogen-bond acceptors (Lipinski definition) is 4. The summed E-state index contributed by atoms with van der Waals surface area (Å²) in [5, 5.41) is 0. The summed E-state index contributed by atoms with van der Waals surface area (Å²) in [6, 6.07) is 0.315. The van der Waals surface area contributed by atoms with Crippen molar-refractivity contribution in [2.24, 2.45) is 22.9 Å². The van der Waals surface area contributed by atoms with E-state index in [1.807, 2.05) is 0 Å². The lowest BCUT2D eigenvalue weighted by Crippen LogP contribution is -2.41. The van der Waals surface area contributed by atoms with E-state index in [1.54, 1.807) is 0 Å². The molecule has 0 aliphatic heterocycles. The van der Waals surface area contributed by atoms with Gasteiger partial charge in [0.2, 0.25) is 0 Å². The summed E-state index contributed by atoms with van der Waals surface area (Å²) in [4.78, 5) is 0. The SMILES string of the molecule is NCCCCCCCCCCC(N)C(N)CCCCN. The molecule has 20 heavy (non-hydrogen) atoms. The third-order valence-corrected chi connectivity index (χ3v) is 4.03. The van der Waals surface area contributed by atoms with E-state index in [0.717, 1.165) is 38.8 Å². The van der Waals surface area contributed by atoms with Crippen LogP contribution >= 0.6 is 0 Å². The highest BCUT2D eigenvalue weighted by Gasteiger charge is 2.11. The van der Waals surface area contributed by atoms with Crippen LogP contribution in [0.4, 0.5) is 0 Å². The minimum atomic E-state index is 0.151. The lowest BCUT2D eigenvalue weighted by Gasteiger charge is -2.19. The first-order valence-corrected chi connectivity index (χ1v) is 8.63. The molecule has 8 N–H and O–H groups in total. The Morgan fingerprint density at radius 1 is 0.450 bits per heavy atom. The average molecular weight is 287 g/mol. The molecule has 0 saturated heterocycles. The Kier molecular flexibility index (Phi) is 15.1. The molecule has 0 rings (SSSR count). The Labute approximate surface area is 126 Å². The summed E-state index contributed by atoms with van der Waals surface area (Å²) < 4.78 is 0. The van der Waals surface area contributed by atoms with Crippen LogP contribution in [0.5, 0.6) is 0 Å². The van der Waals surface area contributed by atoms with E-state index in [2.05, 4.69) is 0 Å². The van der Waals surface area contributed by atoms with Gasteiger partial charge in [-0.15, -0.1) is 0 Å². The molecule has 4 nitrogen and oxygen atoms in total. The van der Waals surface area contributed by atoms with E-state index in [4.69, 9.17) is 22.9 Å². The molecule has 2 atom stereocenters. The molecular weight excluding hydrogens is 248 g/mol. The van der Waals surface area contributed by atoms with Crippen molar-refractivity contribution in [2.75, 3.05) is 13.1 Å². The molecule has 0 bridgehead atoms. The minimum Gasteiger partial charge on any atom is -0.330 e. The summed E-state index contributed by atoms with van der Waals surface area (Å²) in [6.07, 6.45) is 14.6. The van der Waals surface area contributed by atoms with Crippen LogP contribution in [-0.4, -0.2) is 25.2 Å². The van der Waals surface area contributed by atoms with Gasteiger partial charge in [0.1, 0.15) is 0 Å². The predicted molar refractivity (Wildman–Crippen MR) is 89.5 cm³/mol. The predicted octanol–water partition coefficient (Wildman–Crippen LogP) is 2.24. The zero-order valence-electron chi connectivity index (χ0n) is 13.4. The van der Waals surface area contributed by atoms with Crippen molar-refractivity contribution in [2.45, 2.75) is 89.1 Å². The molecule has 2 unspecified atom stereocenters. The van der Waals surface area contributed by atoms with E-state index < -0.39 is 0 Å². The monoisotopic (exact) mass is 286 g/mol. The maximum atomic E-state index is 6.13. The molecular formula is C16H38N4. The average Bonchev–Trinajstić information content (AvgIpc) is 2.45. The van der Waals surface area contributed by atoms with Gasteiger partial charge in [-0.05, 0) is 38.8 Å². The molecule has 0 radical (unpaired) electrons. The van der Waals surface area contributed by atoms with E-state index >= 15 is 0 Å². The Morgan fingerprint density at radius 3 is 1.20 bits per heavy atom. The maximum Gasteiger partial charge on any atom is 0.0192 e. The number of nitrogens with two attached hydrogens (primary N) is 4. The van der Waals surface area contributed by atoms with Gasteiger partial charge in [0.05, 0.1) is 0 Å². The summed E-state index contributed by atoms with van der Waals surface area (Å²) in [7, 11) is 0. The maximum absolute atomic E-state index is 6.13. The van der Waals surface area contributed by atoms with Gasteiger partial charge in [-0.2, -0.15) is 0 Å². The zero-order valence-corrected chi connectivity index (χ0v) is 13.4. The summed E-state index contributed by atoms with van der Waals surface area (Å²) in [6.45, 7) is 1.59. The van der Waals surface area contributed by atoms with Crippen LogP contribution in [0.15, 0.2) is 0 Å². The molecule has 0 aliphatic carbocycles. The lowest BCUT2D eigenvalue weighted by atomic mass is 9.97. The standard InChI is InChI=1S/C16H38N4/c17-13-9-6-4-2-1-3-5-7-11-15(19)16(20)12-8-10-14-18/h15-16H,1-14,17-20H2. The molecule has 122 valence electrons. The molecule has 0 heterocycles. The van der Waals surface area contributed by atoms with Gasteiger partial charge in [0, 0.05) is 12.1 Å². The Bertz CT molecular complexity index is 187. The first-order valence-electron chi connectivity index (χ1n) is 8.63. The molecule has 4 heteroatoms. The minimum absolute atomic E-state index is 0.151. The summed E-state index contributed by atoms with van der Waals surface area (Å²) >= 11 is 0. The molecule has 0 spiro atoms. The smallest absolute Gasteiger partial charge is 0.0192 e. The van der Waals surface area contributed by atoms with Crippen LogP contribution in [0, 0.1) is 0 Å². The molecule has 0 aromatic carbocycles. The number of hydrogen-bond donors (Lipinski definition) is 4. The van der Waals surface area contributed by atoms with Crippen LogP contribution in [0.1, 0.15) is 77.0 Å². The molecule has 0 saturated carbocycles. The van der Waals surface area contributed by atoms with Gasteiger partial charge in [0.15, 0.2) is 0 Å². The molecule has 0 aromatic rings. The van der Waals surface area contributed by atoms with Crippen molar-refractivity contribution >= 4 is 0 Å². The van der Waals surface area contributed by atoms with Crippen molar-refractivity contribution in [3.63, 3.8) is 0 Å². The second-order valence-electron chi connectivity index (χ2n) is 6.02. The van der Waals surface area contributed by atoms with Gasteiger partial charge >= 0.3 is 0 Å². The van der Waals surface area contributed by atoms with Gasteiger partial charge in [-0.25, -0.2) is 0 Å². The zero-order chi connectivity index (χ0) is 15.1. The van der Waals surface area contributed by atoms with Crippen molar-refractivity contribution in [1.29, 1.82) is 0 Å². The second-order valence-corrected chi connectivity index (χ2v) is 6.02. The van der Waals surface area contributed by atoms with E-state index in [9.17, 15) is 0 Å². The number of rotatable bonds is 15. The van der Waals surface area contributed by atoms with Crippen molar-refractivity contribution in [3.8, 4) is 0 Å². The Hall–Kier alpha value is -0.160. The van der Waals surface area contributed by atoms with Gasteiger partial charge in [0.25, 0.3) is 0 Å². The topological polar surface area (TPSA) is 104 Å². The second kappa shape index (κ2) is 15.2. The first kappa shape index (κ1) is 19.8. The highest BCUT2D eigenvalue weighted by molar-refractivity contribution is 4.75. The van der Waals surface area contributed by atoms with Crippen LogP contribution < -0.4 is 22.9 Å². The fourth-order valence-electron chi connectivity index (χ4n) is 2.54. The quantitative estimate of drug-likeness (QED) is 0.346. The van der Waals surface area contributed by atoms with Gasteiger partial charge < -0.3 is 22.9 Å². The van der Waals surface area contributed by atoms with E-state index in [1.165, 1.54) is 51.4 Å². The van der Waals surface area contributed by atoms with Crippen LogP contribution in [0.25, 0.3) is 0 Å². The third kappa shape index (κ3) is 12.9. The van der Waals surface area contributed by atoms with E-state index in [-0.39, 0.29) is 12.1 Å². The van der Waals surface area contributed by atoms with Gasteiger partial charge in [-0.3, -0.25) is 0 Å². The highest BCUT2D eigenvalue weighted by Crippen LogP contribution is 2.12.